The Morgan fingerprint density at radius 3 is 2.36 bits per heavy atom. The van der Waals surface area contributed by atoms with Gasteiger partial charge in [0.05, 0.1) is 0 Å². The maximum atomic E-state index is 12.3. The molecule has 1 aromatic carbocycles. The Labute approximate surface area is 132 Å². The minimum atomic E-state index is -0.0594. The molecule has 0 aromatic heterocycles. The Hall–Kier alpha value is -1.84. The van der Waals surface area contributed by atoms with E-state index in [0.29, 0.717) is 12.1 Å². The van der Waals surface area contributed by atoms with Crippen LogP contribution in [0.3, 0.4) is 0 Å². The van der Waals surface area contributed by atoms with Gasteiger partial charge in [0.15, 0.2) is 0 Å². The second-order valence-electron chi connectivity index (χ2n) is 7.10. The molecule has 0 saturated carbocycles. The molecule has 2 amide bonds. The van der Waals surface area contributed by atoms with Crippen molar-refractivity contribution in [3.8, 4) is 0 Å². The molecular formula is C18H26N2O2. The first-order valence-electron chi connectivity index (χ1n) is 7.94. The average Bonchev–Trinajstić information content (AvgIpc) is 2.46. The summed E-state index contributed by atoms with van der Waals surface area (Å²) in [6.07, 6.45) is 1.86. The largest absolute Gasteiger partial charge is 0.348 e. The Morgan fingerprint density at radius 1 is 1.18 bits per heavy atom. The van der Waals surface area contributed by atoms with Crippen molar-refractivity contribution in [2.24, 2.45) is 0 Å². The van der Waals surface area contributed by atoms with Crippen molar-refractivity contribution in [3.05, 3.63) is 35.4 Å². The molecule has 22 heavy (non-hydrogen) atoms. The molecule has 0 spiro atoms. The minimum absolute atomic E-state index is 0.0486. The van der Waals surface area contributed by atoms with Crippen molar-refractivity contribution in [1.29, 1.82) is 0 Å². The second-order valence-corrected chi connectivity index (χ2v) is 7.10. The predicted octanol–water partition coefficient (Wildman–Crippen LogP) is 2.72. The van der Waals surface area contributed by atoms with E-state index in [2.05, 4.69) is 26.1 Å². The molecule has 1 N–H and O–H groups in total. The fraction of sp³-hybridized carbons (Fsp3) is 0.556. The summed E-state index contributed by atoms with van der Waals surface area (Å²) in [5, 5.41) is 3.05. The lowest BCUT2D eigenvalue weighted by Gasteiger charge is -2.32. The number of amides is 2. The van der Waals surface area contributed by atoms with Gasteiger partial charge in [-0.25, -0.2) is 0 Å². The number of piperidine rings is 1. The SMILES string of the molecule is CC(=O)N1CCCC(NC(=O)c2ccc(C(C)(C)C)cc2)C1. The molecule has 0 radical (unpaired) electrons. The first kappa shape index (κ1) is 16.5. The third kappa shape index (κ3) is 4.09. The van der Waals surface area contributed by atoms with E-state index in [-0.39, 0.29) is 23.3 Å². The van der Waals surface area contributed by atoms with Crippen LogP contribution < -0.4 is 5.32 Å². The third-order valence-electron chi connectivity index (χ3n) is 4.22. The topological polar surface area (TPSA) is 49.4 Å². The smallest absolute Gasteiger partial charge is 0.251 e. The number of nitrogens with zero attached hydrogens (tertiary/aromatic N) is 1. The molecule has 1 saturated heterocycles. The lowest BCUT2D eigenvalue weighted by atomic mass is 9.86. The number of carbonyl (C=O) groups excluding carboxylic acids is 2. The van der Waals surface area contributed by atoms with Crippen molar-refractivity contribution in [3.63, 3.8) is 0 Å². The number of hydrogen-bond donors (Lipinski definition) is 1. The normalized spacial score (nSPS) is 18.9. The molecule has 1 aromatic rings. The van der Waals surface area contributed by atoms with Gasteiger partial charge in [-0.2, -0.15) is 0 Å². The van der Waals surface area contributed by atoms with E-state index in [0.717, 1.165) is 19.4 Å². The summed E-state index contributed by atoms with van der Waals surface area (Å²) in [4.78, 5) is 25.6. The molecule has 4 nitrogen and oxygen atoms in total. The highest BCUT2D eigenvalue weighted by Crippen LogP contribution is 2.22. The van der Waals surface area contributed by atoms with E-state index in [1.807, 2.05) is 24.3 Å². The van der Waals surface area contributed by atoms with E-state index in [1.54, 1.807) is 11.8 Å². The number of likely N-dealkylation sites (tertiary alicyclic amines) is 1. The summed E-state index contributed by atoms with van der Waals surface area (Å²) in [6.45, 7) is 9.44. The Morgan fingerprint density at radius 2 is 1.82 bits per heavy atom. The van der Waals surface area contributed by atoms with Crippen LogP contribution in [0.5, 0.6) is 0 Å². The molecule has 2 rings (SSSR count). The standard InChI is InChI=1S/C18H26N2O2/c1-13(21)20-11-5-6-16(12-20)19-17(22)14-7-9-15(10-8-14)18(2,3)4/h7-10,16H,5-6,11-12H2,1-4H3,(H,19,22). The van der Waals surface area contributed by atoms with Crippen molar-refractivity contribution in [2.45, 2.75) is 52.0 Å². The van der Waals surface area contributed by atoms with Gasteiger partial charge in [-0.3, -0.25) is 9.59 Å². The quantitative estimate of drug-likeness (QED) is 0.913. The first-order valence-corrected chi connectivity index (χ1v) is 7.94. The van der Waals surface area contributed by atoms with Crippen LogP contribution in [0, 0.1) is 0 Å². The molecule has 1 aliphatic rings. The van der Waals surface area contributed by atoms with Gasteiger partial charge in [0, 0.05) is 31.6 Å². The molecule has 0 aliphatic carbocycles. The molecule has 1 atom stereocenters. The zero-order valence-corrected chi connectivity index (χ0v) is 14.0. The molecule has 0 bridgehead atoms. The lowest BCUT2D eigenvalue weighted by molar-refractivity contribution is -0.130. The lowest BCUT2D eigenvalue weighted by Crippen LogP contribution is -2.49. The summed E-state index contributed by atoms with van der Waals surface area (Å²) in [5.41, 5.74) is 1.97. The highest BCUT2D eigenvalue weighted by atomic mass is 16.2. The summed E-state index contributed by atoms with van der Waals surface area (Å²) in [6, 6.07) is 7.82. The van der Waals surface area contributed by atoms with Crippen LogP contribution in [0.15, 0.2) is 24.3 Å². The van der Waals surface area contributed by atoms with Gasteiger partial charge >= 0.3 is 0 Å². The monoisotopic (exact) mass is 302 g/mol. The number of rotatable bonds is 2. The average molecular weight is 302 g/mol. The third-order valence-corrected chi connectivity index (χ3v) is 4.22. The van der Waals surface area contributed by atoms with E-state index in [1.165, 1.54) is 5.56 Å². The summed E-state index contributed by atoms with van der Waals surface area (Å²) < 4.78 is 0. The summed E-state index contributed by atoms with van der Waals surface area (Å²) in [5.74, 6) is 0.0179. The van der Waals surface area contributed by atoms with Gasteiger partial charge in [0.2, 0.25) is 5.91 Å². The van der Waals surface area contributed by atoms with Crippen LogP contribution in [0.2, 0.25) is 0 Å². The van der Waals surface area contributed by atoms with E-state index < -0.39 is 0 Å². The van der Waals surface area contributed by atoms with Crippen LogP contribution in [-0.4, -0.2) is 35.8 Å². The minimum Gasteiger partial charge on any atom is -0.348 e. The predicted molar refractivity (Wildman–Crippen MR) is 87.9 cm³/mol. The number of benzene rings is 1. The number of hydrogen-bond acceptors (Lipinski definition) is 2. The molecule has 120 valence electrons. The van der Waals surface area contributed by atoms with Gasteiger partial charge < -0.3 is 10.2 Å². The van der Waals surface area contributed by atoms with Crippen molar-refractivity contribution >= 4 is 11.8 Å². The summed E-state index contributed by atoms with van der Waals surface area (Å²) in [7, 11) is 0. The molecular weight excluding hydrogens is 276 g/mol. The zero-order chi connectivity index (χ0) is 16.3. The maximum Gasteiger partial charge on any atom is 0.251 e. The molecule has 1 unspecified atom stereocenters. The maximum absolute atomic E-state index is 12.3. The van der Waals surface area contributed by atoms with Crippen LogP contribution >= 0.6 is 0 Å². The second kappa shape index (κ2) is 6.51. The first-order chi connectivity index (χ1) is 10.3. The zero-order valence-electron chi connectivity index (χ0n) is 14.0. The molecule has 1 heterocycles. The van der Waals surface area contributed by atoms with Crippen molar-refractivity contribution in [1.82, 2.24) is 10.2 Å². The number of nitrogens with one attached hydrogen (secondary N) is 1. The van der Waals surface area contributed by atoms with E-state index >= 15 is 0 Å². The Kier molecular flexibility index (Phi) is 4.89. The van der Waals surface area contributed by atoms with Crippen LogP contribution in [0.25, 0.3) is 0 Å². The van der Waals surface area contributed by atoms with Crippen molar-refractivity contribution in [2.75, 3.05) is 13.1 Å². The van der Waals surface area contributed by atoms with Crippen LogP contribution in [0.4, 0.5) is 0 Å². The van der Waals surface area contributed by atoms with E-state index in [4.69, 9.17) is 0 Å². The highest BCUT2D eigenvalue weighted by Gasteiger charge is 2.23. The van der Waals surface area contributed by atoms with Crippen LogP contribution in [-0.2, 0) is 10.2 Å². The number of carbonyl (C=O) groups is 2. The van der Waals surface area contributed by atoms with Crippen molar-refractivity contribution < 1.29 is 9.59 Å². The summed E-state index contributed by atoms with van der Waals surface area (Å²) >= 11 is 0. The van der Waals surface area contributed by atoms with Gasteiger partial charge in [-0.15, -0.1) is 0 Å². The molecule has 1 fully saturated rings. The Balaban J connectivity index is 1.98. The van der Waals surface area contributed by atoms with Gasteiger partial charge in [0.25, 0.3) is 5.91 Å². The van der Waals surface area contributed by atoms with E-state index in [9.17, 15) is 9.59 Å². The molecule has 4 heteroatoms. The fourth-order valence-electron chi connectivity index (χ4n) is 2.77. The van der Waals surface area contributed by atoms with Gasteiger partial charge in [0.1, 0.15) is 0 Å². The van der Waals surface area contributed by atoms with Crippen LogP contribution in [0.1, 0.15) is 56.5 Å². The van der Waals surface area contributed by atoms with Gasteiger partial charge in [-0.1, -0.05) is 32.9 Å². The molecule has 1 aliphatic heterocycles. The fourth-order valence-corrected chi connectivity index (χ4v) is 2.77. The van der Waals surface area contributed by atoms with Gasteiger partial charge in [-0.05, 0) is 36.0 Å². The Bertz CT molecular complexity index is 543. The highest BCUT2D eigenvalue weighted by molar-refractivity contribution is 5.94.